The van der Waals surface area contributed by atoms with E-state index in [1.54, 1.807) is 0 Å². The van der Waals surface area contributed by atoms with Gasteiger partial charge in [-0.05, 0) is 49.2 Å². The molecule has 7 heteroatoms. The van der Waals surface area contributed by atoms with Gasteiger partial charge in [0.1, 0.15) is 0 Å². The van der Waals surface area contributed by atoms with Crippen molar-refractivity contribution in [3.05, 3.63) is 131 Å². The molecule has 4 aromatic rings. The van der Waals surface area contributed by atoms with Gasteiger partial charge in [0.15, 0.2) is 0 Å². The van der Waals surface area contributed by atoms with Crippen molar-refractivity contribution in [2.75, 3.05) is 62.2 Å². The summed E-state index contributed by atoms with van der Waals surface area (Å²) in [6.07, 6.45) is -0.521. The van der Waals surface area contributed by atoms with Crippen LogP contribution in [0.5, 0.6) is 0 Å². The Kier molecular flexibility index (Phi) is 10.5. The van der Waals surface area contributed by atoms with Crippen molar-refractivity contribution in [3.8, 4) is 0 Å². The Morgan fingerprint density at radius 3 is 1.28 bits per heavy atom. The first-order valence-electron chi connectivity index (χ1n) is 16.9. The maximum atomic E-state index is 13.8. The molecule has 0 radical (unpaired) electrons. The number of nitrogens with zero attached hydrogens (tertiary/aromatic N) is 4. The lowest BCUT2D eigenvalue weighted by Crippen LogP contribution is -2.49. The highest BCUT2D eigenvalue weighted by atomic mass is 16.5. The van der Waals surface area contributed by atoms with Crippen LogP contribution in [0.1, 0.15) is 47.3 Å². The van der Waals surface area contributed by atoms with E-state index in [1.165, 1.54) is 11.4 Å². The zero-order valence-electron chi connectivity index (χ0n) is 27.6. The Morgan fingerprint density at radius 1 is 0.532 bits per heavy atom. The molecule has 2 atom stereocenters. The van der Waals surface area contributed by atoms with Crippen LogP contribution in [0.15, 0.2) is 109 Å². The molecule has 0 aliphatic carbocycles. The smallest absolute Gasteiger partial charge is 0.225 e. The highest BCUT2D eigenvalue weighted by Gasteiger charge is 2.30. The van der Waals surface area contributed by atoms with Crippen LogP contribution in [0.4, 0.5) is 11.4 Å². The third kappa shape index (κ3) is 8.40. The van der Waals surface area contributed by atoms with E-state index in [0.29, 0.717) is 26.2 Å². The lowest BCUT2D eigenvalue weighted by molar-refractivity contribution is -0.139. The van der Waals surface area contributed by atoms with Crippen LogP contribution in [0.25, 0.3) is 0 Å². The first-order valence-corrected chi connectivity index (χ1v) is 16.9. The predicted molar refractivity (Wildman–Crippen MR) is 189 cm³/mol. The molecule has 0 aromatic heterocycles. The number of para-hydroxylation sites is 2. The van der Waals surface area contributed by atoms with Crippen LogP contribution >= 0.6 is 0 Å². The summed E-state index contributed by atoms with van der Waals surface area (Å²) in [6, 6.07) is 37.2. The van der Waals surface area contributed by atoms with Crippen molar-refractivity contribution in [3.63, 3.8) is 0 Å². The summed E-state index contributed by atoms with van der Waals surface area (Å²) in [6.45, 7) is 9.97. The van der Waals surface area contributed by atoms with E-state index < -0.39 is 12.2 Å². The number of amides is 2. The van der Waals surface area contributed by atoms with Gasteiger partial charge in [0.2, 0.25) is 11.8 Å². The number of anilines is 2. The van der Waals surface area contributed by atoms with Crippen molar-refractivity contribution in [1.82, 2.24) is 9.80 Å². The van der Waals surface area contributed by atoms with Gasteiger partial charge in [0, 0.05) is 63.7 Å². The van der Waals surface area contributed by atoms with Crippen molar-refractivity contribution in [1.29, 1.82) is 0 Å². The summed E-state index contributed by atoms with van der Waals surface area (Å²) in [4.78, 5) is 36.3. The van der Waals surface area contributed by atoms with Gasteiger partial charge in [0.25, 0.3) is 0 Å². The second-order valence-electron chi connectivity index (χ2n) is 12.8. The fraction of sp³-hybridized carbons (Fsp3) is 0.350. The number of aryl methyl sites for hydroxylation is 2. The summed E-state index contributed by atoms with van der Waals surface area (Å²) in [5, 5.41) is 0. The van der Waals surface area contributed by atoms with Crippen molar-refractivity contribution >= 4 is 23.2 Å². The molecule has 47 heavy (non-hydrogen) atoms. The minimum Gasteiger partial charge on any atom is -0.368 e. The Labute approximate surface area is 279 Å². The number of benzene rings is 4. The molecule has 6 rings (SSSR count). The third-order valence-corrected chi connectivity index (χ3v) is 9.38. The van der Waals surface area contributed by atoms with Gasteiger partial charge >= 0.3 is 0 Å². The molecule has 0 N–H and O–H groups in total. The Hall–Kier alpha value is -4.62. The van der Waals surface area contributed by atoms with Gasteiger partial charge < -0.3 is 24.3 Å². The van der Waals surface area contributed by atoms with E-state index in [9.17, 15) is 9.59 Å². The van der Waals surface area contributed by atoms with Crippen LogP contribution in [0.2, 0.25) is 0 Å². The predicted octanol–water partition coefficient (Wildman–Crippen LogP) is 6.58. The monoisotopic (exact) mass is 630 g/mol. The molecule has 2 amide bonds. The fourth-order valence-corrected chi connectivity index (χ4v) is 6.71. The molecule has 2 aliphatic heterocycles. The lowest BCUT2D eigenvalue weighted by atomic mass is 10.00. The molecule has 7 nitrogen and oxygen atoms in total. The Balaban J connectivity index is 1.17. The van der Waals surface area contributed by atoms with Gasteiger partial charge in [-0.15, -0.1) is 0 Å². The molecule has 2 fully saturated rings. The number of carbonyl (C=O) groups is 2. The average molecular weight is 631 g/mol. The fourth-order valence-electron chi connectivity index (χ4n) is 6.71. The number of carbonyl (C=O) groups excluding carboxylic acids is 2. The van der Waals surface area contributed by atoms with Gasteiger partial charge in [-0.25, -0.2) is 0 Å². The molecule has 2 heterocycles. The van der Waals surface area contributed by atoms with E-state index in [-0.39, 0.29) is 24.7 Å². The van der Waals surface area contributed by atoms with E-state index in [0.717, 1.165) is 48.4 Å². The van der Waals surface area contributed by atoms with Gasteiger partial charge in [-0.1, -0.05) is 96.1 Å². The quantitative estimate of drug-likeness (QED) is 0.198. The molecule has 0 spiro atoms. The first kappa shape index (κ1) is 32.3. The zero-order valence-corrected chi connectivity index (χ0v) is 27.6. The van der Waals surface area contributed by atoms with E-state index >= 15 is 0 Å². The third-order valence-electron chi connectivity index (χ3n) is 9.38. The van der Waals surface area contributed by atoms with Gasteiger partial charge in [-0.2, -0.15) is 0 Å². The van der Waals surface area contributed by atoms with Crippen molar-refractivity contribution in [2.24, 2.45) is 0 Å². The number of piperazine rings is 2. The maximum Gasteiger partial charge on any atom is 0.225 e. The second-order valence-corrected chi connectivity index (χ2v) is 12.8. The summed E-state index contributed by atoms with van der Waals surface area (Å²) in [7, 11) is 0. The highest BCUT2D eigenvalue weighted by Crippen LogP contribution is 2.34. The van der Waals surface area contributed by atoms with Gasteiger partial charge in [-0.3, -0.25) is 9.59 Å². The second kappa shape index (κ2) is 15.3. The van der Waals surface area contributed by atoms with E-state index in [4.69, 9.17) is 4.74 Å². The first-order chi connectivity index (χ1) is 22.9. The van der Waals surface area contributed by atoms with Crippen LogP contribution < -0.4 is 9.80 Å². The zero-order chi connectivity index (χ0) is 32.6. The van der Waals surface area contributed by atoms with Gasteiger partial charge in [0.05, 0.1) is 25.0 Å². The minimum atomic E-state index is -0.484. The standard InChI is InChI=1S/C40H46N4O3/c1-31-11-9-13-33(27-31)37(29-39(45)43-23-19-41(20-24-43)35-15-5-3-6-16-35)47-38(34-14-10-12-32(2)28-34)30-40(46)44-25-21-42(22-26-44)36-17-7-4-8-18-36/h3-18,27-28,37-38H,19-26,29-30H2,1-2H3. The molecule has 0 saturated carbocycles. The van der Waals surface area contributed by atoms with Crippen LogP contribution in [-0.2, 0) is 14.3 Å². The minimum absolute atomic E-state index is 0.0792. The lowest BCUT2D eigenvalue weighted by Gasteiger charge is -2.37. The molecular formula is C40H46N4O3. The Bertz CT molecular complexity index is 1490. The van der Waals surface area contributed by atoms with Crippen LogP contribution in [0, 0.1) is 13.8 Å². The normalized spacial score (nSPS) is 16.6. The van der Waals surface area contributed by atoms with Crippen LogP contribution in [-0.4, -0.2) is 74.0 Å². The summed E-state index contributed by atoms with van der Waals surface area (Å²) < 4.78 is 6.92. The van der Waals surface area contributed by atoms with Crippen molar-refractivity contribution < 1.29 is 14.3 Å². The molecule has 4 aromatic carbocycles. The SMILES string of the molecule is Cc1cccc(C(CC(=O)N2CCN(c3ccccc3)CC2)OC(CC(=O)N2CCN(c3ccccc3)CC2)c2cccc(C)c2)c1. The van der Waals surface area contributed by atoms with E-state index in [1.807, 2.05) is 46.2 Å². The molecule has 2 unspecified atom stereocenters. The summed E-state index contributed by atoms with van der Waals surface area (Å²) >= 11 is 0. The maximum absolute atomic E-state index is 13.8. The number of hydrogen-bond donors (Lipinski definition) is 0. The van der Waals surface area contributed by atoms with Crippen molar-refractivity contribution in [2.45, 2.75) is 38.9 Å². The molecule has 2 saturated heterocycles. The summed E-state index contributed by atoms with van der Waals surface area (Å²) in [5.74, 6) is 0.158. The largest absolute Gasteiger partial charge is 0.368 e. The number of ether oxygens (including phenoxy) is 1. The highest BCUT2D eigenvalue weighted by molar-refractivity contribution is 5.78. The number of hydrogen-bond acceptors (Lipinski definition) is 5. The summed E-state index contributed by atoms with van der Waals surface area (Å²) in [5.41, 5.74) is 6.52. The average Bonchev–Trinajstić information content (AvgIpc) is 3.12. The molecule has 0 bridgehead atoms. The van der Waals surface area contributed by atoms with E-state index in [2.05, 4.69) is 96.4 Å². The molecular weight excluding hydrogens is 584 g/mol. The Morgan fingerprint density at radius 2 is 0.915 bits per heavy atom. The topological polar surface area (TPSA) is 56.3 Å². The molecule has 244 valence electrons. The molecule has 2 aliphatic rings. The number of rotatable bonds is 10. The van der Waals surface area contributed by atoms with Crippen LogP contribution in [0.3, 0.4) is 0 Å².